The van der Waals surface area contributed by atoms with E-state index < -0.39 is 0 Å². The Bertz CT molecular complexity index is 331. The van der Waals surface area contributed by atoms with Crippen LogP contribution in [0.3, 0.4) is 0 Å². The zero-order valence-corrected chi connectivity index (χ0v) is 13.8. The second-order valence-corrected chi connectivity index (χ2v) is 7.23. The molecule has 3 aliphatic rings. The average Bonchev–Trinajstić information content (AvgIpc) is 3.00. The molecular weight excluding hydrogens is 276 g/mol. The van der Waals surface area contributed by atoms with Crippen LogP contribution in [0.15, 0.2) is 0 Å². The highest BCUT2D eigenvalue weighted by Gasteiger charge is 2.56. The summed E-state index contributed by atoms with van der Waals surface area (Å²) in [5.41, 5.74) is -0.450. The standard InChI is InChI=1S/C14H26BNO3.ClH/c1-13(2)14(3,4)19-15(18-13)12-8-16-7-11(12)10-5-6-17-9-10;/h10-12,16H,5-9H2,1-4H3;1H. The molecule has 3 saturated heterocycles. The van der Waals surface area contributed by atoms with E-state index in [0.717, 1.165) is 26.3 Å². The van der Waals surface area contributed by atoms with E-state index in [2.05, 4.69) is 33.0 Å². The number of rotatable bonds is 2. The summed E-state index contributed by atoms with van der Waals surface area (Å²) in [6.07, 6.45) is 1.18. The molecule has 0 amide bonds. The highest BCUT2D eigenvalue weighted by molar-refractivity contribution is 6.47. The number of hydrogen-bond acceptors (Lipinski definition) is 4. The zero-order chi connectivity index (χ0) is 13.7. The molecule has 0 aliphatic carbocycles. The third kappa shape index (κ3) is 2.75. The van der Waals surface area contributed by atoms with Crippen molar-refractivity contribution in [3.63, 3.8) is 0 Å². The summed E-state index contributed by atoms with van der Waals surface area (Å²) in [4.78, 5) is 0. The first-order chi connectivity index (χ1) is 8.91. The van der Waals surface area contributed by atoms with E-state index in [9.17, 15) is 0 Å². The van der Waals surface area contributed by atoms with Gasteiger partial charge >= 0.3 is 7.12 Å². The summed E-state index contributed by atoms with van der Waals surface area (Å²) in [6, 6.07) is 0. The van der Waals surface area contributed by atoms with E-state index in [1.165, 1.54) is 6.42 Å². The Kier molecular flexibility index (Phi) is 4.78. The van der Waals surface area contributed by atoms with Gasteiger partial charge in [0.15, 0.2) is 0 Å². The summed E-state index contributed by atoms with van der Waals surface area (Å²) < 4.78 is 18.0. The molecule has 3 unspecified atom stereocenters. The van der Waals surface area contributed by atoms with Crippen molar-refractivity contribution >= 4 is 19.5 Å². The molecule has 0 aromatic rings. The van der Waals surface area contributed by atoms with Gasteiger partial charge in [-0.3, -0.25) is 0 Å². The molecule has 0 saturated carbocycles. The molecule has 3 fully saturated rings. The van der Waals surface area contributed by atoms with Crippen LogP contribution in [0.25, 0.3) is 0 Å². The third-order valence-corrected chi connectivity index (χ3v) is 5.50. The predicted octanol–water partition coefficient (Wildman–Crippen LogP) is 2.13. The molecule has 1 N–H and O–H groups in total. The number of nitrogens with one attached hydrogen (secondary N) is 1. The number of halogens is 1. The fraction of sp³-hybridized carbons (Fsp3) is 1.00. The van der Waals surface area contributed by atoms with Crippen molar-refractivity contribution in [3.8, 4) is 0 Å². The molecular formula is C14H27BClNO3. The normalized spacial score (nSPS) is 39.0. The first-order valence-electron chi connectivity index (χ1n) is 7.55. The van der Waals surface area contributed by atoms with Crippen molar-refractivity contribution < 1.29 is 14.0 Å². The molecule has 6 heteroatoms. The Morgan fingerprint density at radius 1 is 1.05 bits per heavy atom. The van der Waals surface area contributed by atoms with Crippen molar-refractivity contribution in [2.75, 3.05) is 26.3 Å². The van der Waals surface area contributed by atoms with Crippen LogP contribution in [-0.4, -0.2) is 44.6 Å². The lowest BCUT2D eigenvalue weighted by Crippen LogP contribution is -2.41. The minimum Gasteiger partial charge on any atom is -0.403 e. The van der Waals surface area contributed by atoms with Gasteiger partial charge in [-0.05, 0) is 59.0 Å². The van der Waals surface area contributed by atoms with Crippen molar-refractivity contribution in [3.05, 3.63) is 0 Å². The van der Waals surface area contributed by atoms with Crippen LogP contribution in [0, 0.1) is 11.8 Å². The second-order valence-electron chi connectivity index (χ2n) is 7.23. The Balaban J connectivity index is 0.00000147. The molecule has 0 bridgehead atoms. The predicted molar refractivity (Wildman–Crippen MR) is 82.4 cm³/mol. The van der Waals surface area contributed by atoms with Crippen molar-refractivity contribution in [2.45, 2.75) is 51.1 Å². The van der Waals surface area contributed by atoms with Crippen molar-refractivity contribution in [1.82, 2.24) is 5.32 Å². The van der Waals surface area contributed by atoms with E-state index in [1.54, 1.807) is 0 Å². The maximum atomic E-state index is 6.23. The van der Waals surface area contributed by atoms with Gasteiger partial charge < -0.3 is 19.4 Å². The van der Waals surface area contributed by atoms with Gasteiger partial charge in [-0.15, -0.1) is 12.4 Å². The smallest absolute Gasteiger partial charge is 0.403 e. The molecule has 4 nitrogen and oxygen atoms in total. The van der Waals surface area contributed by atoms with Gasteiger partial charge in [0, 0.05) is 19.0 Å². The Morgan fingerprint density at radius 2 is 1.70 bits per heavy atom. The topological polar surface area (TPSA) is 39.7 Å². The van der Waals surface area contributed by atoms with Gasteiger partial charge in [0.05, 0.1) is 11.2 Å². The number of ether oxygens (including phenoxy) is 1. The highest BCUT2D eigenvalue weighted by atomic mass is 35.5. The molecule has 0 spiro atoms. The fourth-order valence-electron chi connectivity index (χ4n) is 3.49. The lowest BCUT2D eigenvalue weighted by atomic mass is 9.63. The molecule has 0 radical (unpaired) electrons. The highest BCUT2D eigenvalue weighted by Crippen LogP contribution is 2.45. The molecule has 0 aromatic carbocycles. The molecule has 20 heavy (non-hydrogen) atoms. The maximum Gasteiger partial charge on any atom is 0.462 e. The minimum absolute atomic E-state index is 0. The zero-order valence-electron chi connectivity index (χ0n) is 13.0. The van der Waals surface area contributed by atoms with Gasteiger partial charge in [0.1, 0.15) is 0 Å². The quantitative estimate of drug-likeness (QED) is 0.793. The van der Waals surface area contributed by atoms with Gasteiger partial charge in [-0.25, -0.2) is 0 Å². The third-order valence-electron chi connectivity index (χ3n) is 5.50. The first kappa shape index (κ1) is 16.6. The second kappa shape index (κ2) is 5.77. The van der Waals surface area contributed by atoms with Gasteiger partial charge in [0.2, 0.25) is 0 Å². The lowest BCUT2D eigenvalue weighted by molar-refractivity contribution is 0.00578. The van der Waals surface area contributed by atoms with Crippen LogP contribution in [0.2, 0.25) is 5.82 Å². The molecule has 116 valence electrons. The molecule has 3 heterocycles. The van der Waals surface area contributed by atoms with E-state index in [1.807, 2.05) is 0 Å². The van der Waals surface area contributed by atoms with Crippen LogP contribution in [-0.2, 0) is 14.0 Å². The summed E-state index contributed by atoms with van der Waals surface area (Å²) in [5.74, 6) is 1.74. The maximum absolute atomic E-state index is 6.23. The molecule has 3 aliphatic heterocycles. The summed E-state index contributed by atoms with van der Waals surface area (Å²) >= 11 is 0. The molecule has 0 aromatic heterocycles. The number of hydrogen-bond donors (Lipinski definition) is 1. The Hall–Kier alpha value is 0.195. The van der Waals surface area contributed by atoms with E-state index in [-0.39, 0.29) is 30.7 Å². The summed E-state index contributed by atoms with van der Waals surface area (Å²) in [7, 11) is -0.0781. The Labute approximate surface area is 128 Å². The molecule has 3 atom stereocenters. The minimum atomic E-state index is -0.225. The monoisotopic (exact) mass is 303 g/mol. The van der Waals surface area contributed by atoms with Crippen molar-refractivity contribution in [2.24, 2.45) is 11.8 Å². The van der Waals surface area contributed by atoms with E-state index in [0.29, 0.717) is 17.7 Å². The first-order valence-corrected chi connectivity index (χ1v) is 7.55. The summed E-state index contributed by atoms with van der Waals surface area (Å²) in [5, 5.41) is 3.52. The fourth-order valence-corrected chi connectivity index (χ4v) is 3.49. The molecule has 3 rings (SSSR count). The van der Waals surface area contributed by atoms with Gasteiger partial charge in [-0.1, -0.05) is 0 Å². The van der Waals surface area contributed by atoms with E-state index >= 15 is 0 Å². The van der Waals surface area contributed by atoms with Gasteiger partial charge in [0.25, 0.3) is 0 Å². The van der Waals surface area contributed by atoms with E-state index in [4.69, 9.17) is 14.0 Å². The van der Waals surface area contributed by atoms with Gasteiger partial charge in [-0.2, -0.15) is 0 Å². The summed E-state index contributed by atoms with van der Waals surface area (Å²) in [6.45, 7) is 12.4. The average molecular weight is 304 g/mol. The van der Waals surface area contributed by atoms with Crippen LogP contribution in [0.4, 0.5) is 0 Å². The van der Waals surface area contributed by atoms with Crippen molar-refractivity contribution in [1.29, 1.82) is 0 Å². The lowest BCUT2D eigenvalue weighted by Gasteiger charge is -2.32. The Morgan fingerprint density at radius 3 is 2.25 bits per heavy atom. The van der Waals surface area contributed by atoms with Crippen LogP contribution in [0.5, 0.6) is 0 Å². The SMILES string of the molecule is CC1(C)OB(C2CNCC2C2CCOC2)OC1(C)C.Cl. The van der Waals surface area contributed by atoms with Crippen LogP contribution >= 0.6 is 12.4 Å². The largest absolute Gasteiger partial charge is 0.462 e. The van der Waals surface area contributed by atoms with Crippen LogP contribution < -0.4 is 5.32 Å². The van der Waals surface area contributed by atoms with Crippen LogP contribution in [0.1, 0.15) is 34.1 Å².